The molecule has 0 aliphatic heterocycles. The van der Waals surface area contributed by atoms with E-state index < -0.39 is 0 Å². The van der Waals surface area contributed by atoms with Crippen LogP contribution in [0.4, 0.5) is 0 Å². The van der Waals surface area contributed by atoms with E-state index >= 15 is 0 Å². The second-order valence-corrected chi connectivity index (χ2v) is 5.05. The highest BCUT2D eigenvalue weighted by Crippen LogP contribution is 2.25. The topological polar surface area (TPSA) is 68.4 Å². The number of oxazole rings is 1. The highest BCUT2D eigenvalue weighted by Gasteiger charge is 2.19. The molecule has 0 bridgehead atoms. The fourth-order valence-corrected chi connectivity index (χ4v) is 2.12. The van der Waals surface area contributed by atoms with Gasteiger partial charge in [-0.05, 0) is 27.0 Å². The Morgan fingerprint density at radius 2 is 2.14 bits per heavy atom. The molecule has 0 saturated heterocycles. The van der Waals surface area contributed by atoms with Crippen LogP contribution in [-0.4, -0.2) is 22.1 Å². The molecule has 0 radical (unpaired) electrons. The molecule has 1 atom stereocenters. The number of aryl methyl sites for hydroxylation is 1. The molecule has 0 aliphatic carbocycles. The standard InChI is InChI=1S/C15H17N3O3/c1-10(13-5-7-20-17-13)18(3)8-14-11(2)21-15(16-14)12-4-6-19-9-12/h4-7,9-10H,8H2,1-3H3/t10-/m0/s1. The van der Waals surface area contributed by atoms with Crippen molar-refractivity contribution in [2.45, 2.75) is 26.4 Å². The SMILES string of the molecule is Cc1oc(-c2ccoc2)nc1CN(C)[C@@H](C)c1ccon1. The molecule has 110 valence electrons. The van der Waals surface area contributed by atoms with Gasteiger partial charge in [-0.2, -0.15) is 0 Å². The summed E-state index contributed by atoms with van der Waals surface area (Å²) in [5.41, 5.74) is 2.65. The van der Waals surface area contributed by atoms with Gasteiger partial charge in [0.25, 0.3) is 0 Å². The summed E-state index contributed by atoms with van der Waals surface area (Å²) < 4.78 is 15.6. The molecule has 0 saturated carbocycles. The largest absolute Gasteiger partial charge is 0.472 e. The molecule has 3 aromatic heterocycles. The molecule has 6 heteroatoms. The Kier molecular flexibility index (Phi) is 3.62. The second-order valence-electron chi connectivity index (χ2n) is 5.05. The van der Waals surface area contributed by atoms with Gasteiger partial charge < -0.3 is 13.4 Å². The highest BCUT2D eigenvalue weighted by atomic mass is 16.5. The zero-order valence-corrected chi connectivity index (χ0v) is 12.2. The first-order valence-corrected chi connectivity index (χ1v) is 6.74. The lowest BCUT2D eigenvalue weighted by molar-refractivity contribution is 0.237. The summed E-state index contributed by atoms with van der Waals surface area (Å²) in [5, 5.41) is 3.97. The maximum atomic E-state index is 5.70. The maximum Gasteiger partial charge on any atom is 0.229 e. The fourth-order valence-electron chi connectivity index (χ4n) is 2.12. The summed E-state index contributed by atoms with van der Waals surface area (Å²) in [4.78, 5) is 6.68. The van der Waals surface area contributed by atoms with Crippen molar-refractivity contribution < 1.29 is 13.4 Å². The summed E-state index contributed by atoms with van der Waals surface area (Å²) in [6.45, 7) is 4.66. The molecular weight excluding hydrogens is 270 g/mol. The van der Waals surface area contributed by atoms with Crippen molar-refractivity contribution in [1.82, 2.24) is 15.0 Å². The summed E-state index contributed by atoms with van der Waals surface area (Å²) in [6.07, 6.45) is 4.81. The number of aromatic nitrogens is 2. The van der Waals surface area contributed by atoms with E-state index in [1.54, 1.807) is 18.8 Å². The third kappa shape index (κ3) is 2.75. The average Bonchev–Trinajstić information content (AvgIpc) is 3.20. The third-order valence-corrected chi connectivity index (χ3v) is 3.61. The van der Waals surface area contributed by atoms with Crippen LogP contribution in [0.2, 0.25) is 0 Å². The third-order valence-electron chi connectivity index (χ3n) is 3.61. The molecule has 0 spiro atoms. The van der Waals surface area contributed by atoms with Crippen molar-refractivity contribution in [1.29, 1.82) is 0 Å². The molecule has 0 N–H and O–H groups in total. The molecule has 6 nitrogen and oxygen atoms in total. The first-order valence-electron chi connectivity index (χ1n) is 6.74. The monoisotopic (exact) mass is 287 g/mol. The van der Waals surface area contributed by atoms with E-state index in [1.807, 2.05) is 26.1 Å². The van der Waals surface area contributed by atoms with Crippen LogP contribution in [-0.2, 0) is 6.54 Å². The van der Waals surface area contributed by atoms with Crippen molar-refractivity contribution >= 4 is 0 Å². The lowest BCUT2D eigenvalue weighted by Gasteiger charge is -2.21. The normalized spacial score (nSPS) is 13.0. The van der Waals surface area contributed by atoms with Gasteiger partial charge in [-0.15, -0.1) is 0 Å². The van der Waals surface area contributed by atoms with E-state index in [0.717, 1.165) is 22.7 Å². The van der Waals surface area contributed by atoms with E-state index in [1.165, 1.54) is 0 Å². The Bertz CT molecular complexity index is 686. The van der Waals surface area contributed by atoms with E-state index in [0.29, 0.717) is 12.4 Å². The summed E-state index contributed by atoms with van der Waals surface area (Å²) in [7, 11) is 2.02. The van der Waals surface area contributed by atoms with Gasteiger partial charge in [0.1, 0.15) is 24.0 Å². The number of rotatable bonds is 5. The first kappa shape index (κ1) is 13.6. The Hall–Kier alpha value is -2.34. The molecule has 3 aromatic rings. The molecular formula is C15H17N3O3. The first-order chi connectivity index (χ1) is 10.1. The zero-order chi connectivity index (χ0) is 14.8. The molecule has 3 heterocycles. The minimum absolute atomic E-state index is 0.136. The summed E-state index contributed by atoms with van der Waals surface area (Å²) in [6, 6.07) is 3.84. The van der Waals surface area contributed by atoms with Crippen LogP contribution in [0.15, 0.2) is 44.3 Å². The molecule has 3 rings (SSSR count). The van der Waals surface area contributed by atoms with Gasteiger partial charge in [-0.3, -0.25) is 4.90 Å². The Labute approximate surface area is 122 Å². The van der Waals surface area contributed by atoms with E-state index in [-0.39, 0.29) is 6.04 Å². The molecule has 0 aliphatic rings. The van der Waals surface area contributed by atoms with Crippen LogP contribution >= 0.6 is 0 Å². The number of hydrogen-bond acceptors (Lipinski definition) is 6. The van der Waals surface area contributed by atoms with Gasteiger partial charge in [0, 0.05) is 12.6 Å². The lowest BCUT2D eigenvalue weighted by atomic mass is 10.2. The summed E-state index contributed by atoms with van der Waals surface area (Å²) >= 11 is 0. The van der Waals surface area contributed by atoms with Crippen molar-refractivity contribution in [3.8, 4) is 11.5 Å². The van der Waals surface area contributed by atoms with Crippen molar-refractivity contribution in [3.05, 3.63) is 48.1 Å². The van der Waals surface area contributed by atoms with Gasteiger partial charge in [0.2, 0.25) is 5.89 Å². The van der Waals surface area contributed by atoms with Crippen LogP contribution in [0.3, 0.4) is 0 Å². The predicted octanol–water partition coefficient (Wildman–Crippen LogP) is 3.42. The van der Waals surface area contributed by atoms with Gasteiger partial charge in [-0.25, -0.2) is 4.98 Å². The second kappa shape index (κ2) is 5.57. The quantitative estimate of drug-likeness (QED) is 0.716. The average molecular weight is 287 g/mol. The predicted molar refractivity (Wildman–Crippen MR) is 75.3 cm³/mol. The zero-order valence-electron chi connectivity index (χ0n) is 12.2. The van der Waals surface area contributed by atoms with Crippen molar-refractivity contribution in [3.63, 3.8) is 0 Å². The number of nitrogens with zero attached hydrogens (tertiary/aromatic N) is 3. The fraction of sp³-hybridized carbons (Fsp3) is 0.333. The van der Waals surface area contributed by atoms with Gasteiger partial charge in [-0.1, -0.05) is 5.16 Å². The van der Waals surface area contributed by atoms with Gasteiger partial charge in [0.15, 0.2) is 0 Å². The van der Waals surface area contributed by atoms with Crippen LogP contribution < -0.4 is 0 Å². The molecule has 21 heavy (non-hydrogen) atoms. The smallest absolute Gasteiger partial charge is 0.229 e. The van der Waals surface area contributed by atoms with Gasteiger partial charge >= 0.3 is 0 Å². The Balaban J connectivity index is 1.76. The molecule has 0 amide bonds. The number of furan rings is 1. The van der Waals surface area contributed by atoms with Crippen LogP contribution in [0.5, 0.6) is 0 Å². The van der Waals surface area contributed by atoms with Crippen LogP contribution in [0.1, 0.15) is 30.1 Å². The highest BCUT2D eigenvalue weighted by molar-refractivity contribution is 5.51. The minimum atomic E-state index is 0.136. The number of hydrogen-bond donors (Lipinski definition) is 0. The van der Waals surface area contributed by atoms with E-state index in [9.17, 15) is 0 Å². The lowest BCUT2D eigenvalue weighted by Crippen LogP contribution is -2.22. The van der Waals surface area contributed by atoms with Gasteiger partial charge in [0.05, 0.1) is 23.6 Å². The minimum Gasteiger partial charge on any atom is -0.472 e. The maximum absolute atomic E-state index is 5.70. The Morgan fingerprint density at radius 1 is 1.29 bits per heavy atom. The molecule has 0 aromatic carbocycles. The van der Waals surface area contributed by atoms with E-state index in [4.69, 9.17) is 13.4 Å². The van der Waals surface area contributed by atoms with E-state index in [2.05, 4.69) is 22.0 Å². The van der Waals surface area contributed by atoms with Crippen LogP contribution in [0.25, 0.3) is 11.5 Å². The molecule has 0 fully saturated rings. The summed E-state index contributed by atoms with van der Waals surface area (Å²) in [5.74, 6) is 1.39. The van der Waals surface area contributed by atoms with Crippen molar-refractivity contribution in [2.24, 2.45) is 0 Å². The Morgan fingerprint density at radius 3 is 2.81 bits per heavy atom. The van der Waals surface area contributed by atoms with Crippen LogP contribution in [0, 0.1) is 6.92 Å². The molecule has 0 unspecified atom stereocenters. The van der Waals surface area contributed by atoms with Crippen molar-refractivity contribution in [2.75, 3.05) is 7.05 Å².